The maximum Gasteiger partial charge on any atom is 0.202 e. The third-order valence-corrected chi connectivity index (χ3v) is 3.33. The normalized spacial score (nSPS) is 13.2. The first-order chi connectivity index (χ1) is 7.22. The number of fused-ring (bicyclic) bond motifs is 1. The van der Waals surface area contributed by atoms with Crippen molar-refractivity contribution in [2.45, 2.75) is 18.7 Å². The van der Waals surface area contributed by atoms with E-state index >= 15 is 0 Å². The van der Waals surface area contributed by atoms with Gasteiger partial charge in [0.25, 0.3) is 0 Å². The van der Waals surface area contributed by atoms with Gasteiger partial charge in [-0.15, -0.1) is 0 Å². The molecule has 15 heavy (non-hydrogen) atoms. The maximum absolute atomic E-state index is 5.86. The number of anilines is 1. The van der Waals surface area contributed by atoms with Crippen LogP contribution in [0.5, 0.6) is 0 Å². The number of thioether (sulfide) groups is 1. The Morgan fingerprint density at radius 1 is 1.60 bits per heavy atom. The molecule has 4 nitrogen and oxygen atoms in total. The molecule has 0 amide bonds. The number of pyridine rings is 1. The van der Waals surface area contributed by atoms with Crippen LogP contribution in [0.25, 0.3) is 11.2 Å². The second-order valence-corrected chi connectivity index (χ2v) is 4.75. The first-order valence-electron chi connectivity index (χ1n) is 4.82. The molecule has 5 heteroatoms. The number of nitrogens with zero attached hydrogens (tertiary/aromatic N) is 3. The van der Waals surface area contributed by atoms with Crippen LogP contribution in [0.3, 0.4) is 0 Å². The van der Waals surface area contributed by atoms with E-state index in [1.54, 1.807) is 6.20 Å². The van der Waals surface area contributed by atoms with Gasteiger partial charge in [0.15, 0.2) is 5.65 Å². The molecule has 0 saturated heterocycles. The van der Waals surface area contributed by atoms with E-state index in [0.717, 1.165) is 17.7 Å². The minimum Gasteiger partial charge on any atom is -0.369 e. The van der Waals surface area contributed by atoms with Gasteiger partial charge in [-0.1, -0.05) is 6.92 Å². The number of nitrogens with two attached hydrogens (primary N) is 1. The number of rotatable bonds is 3. The topological polar surface area (TPSA) is 56.7 Å². The molecule has 0 aliphatic heterocycles. The lowest BCUT2D eigenvalue weighted by Gasteiger charge is -2.10. The molecule has 0 spiro atoms. The van der Waals surface area contributed by atoms with Crippen molar-refractivity contribution in [3.8, 4) is 0 Å². The summed E-state index contributed by atoms with van der Waals surface area (Å²) >= 11 is 1.81. The zero-order chi connectivity index (χ0) is 10.8. The van der Waals surface area contributed by atoms with Gasteiger partial charge in [-0.05, 0) is 18.4 Å². The maximum atomic E-state index is 5.86. The molecule has 0 radical (unpaired) electrons. The largest absolute Gasteiger partial charge is 0.369 e. The molecule has 2 N–H and O–H groups in total. The van der Waals surface area contributed by atoms with Gasteiger partial charge < -0.3 is 5.73 Å². The number of nitrogen functional groups attached to an aromatic ring is 1. The van der Waals surface area contributed by atoms with E-state index in [2.05, 4.69) is 23.1 Å². The molecule has 2 aromatic heterocycles. The van der Waals surface area contributed by atoms with Crippen molar-refractivity contribution in [3.63, 3.8) is 0 Å². The molecular formula is C10H14N4S. The van der Waals surface area contributed by atoms with Gasteiger partial charge in [0.2, 0.25) is 5.95 Å². The molecule has 2 rings (SSSR count). The van der Waals surface area contributed by atoms with Gasteiger partial charge >= 0.3 is 0 Å². The zero-order valence-corrected chi connectivity index (χ0v) is 9.66. The molecule has 0 saturated carbocycles. The molecule has 1 unspecified atom stereocenters. The van der Waals surface area contributed by atoms with Crippen LogP contribution in [-0.2, 0) is 6.54 Å². The average molecular weight is 222 g/mol. The van der Waals surface area contributed by atoms with E-state index < -0.39 is 0 Å². The lowest BCUT2D eigenvalue weighted by molar-refractivity contribution is 0.715. The molecule has 0 aliphatic rings. The summed E-state index contributed by atoms with van der Waals surface area (Å²) in [5, 5.41) is 0.506. The van der Waals surface area contributed by atoms with Crippen molar-refractivity contribution in [1.82, 2.24) is 14.5 Å². The molecule has 0 aliphatic carbocycles. The first kappa shape index (κ1) is 10.3. The molecule has 2 aromatic rings. The summed E-state index contributed by atoms with van der Waals surface area (Å²) in [6, 6.07) is 3.80. The van der Waals surface area contributed by atoms with Crippen LogP contribution in [0.1, 0.15) is 6.92 Å². The van der Waals surface area contributed by atoms with Crippen LogP contribution in [-0.4, -0.2) is 26.0 Å². The lowest BCUT2D eigenvalue weighted by atomic mass is 10.4. The van der Waals surface area contributed by atoms with Gasteiger partial charge in [-0.2, -0.15) is 11.8 Å². The van der Waals surface area contributed by atoms with Crippen molar-refractivity contribution >= 4 is 28.9 Å². The van der Waals surface area contributed by atoms with Crippen LogP contribution in [0.2, 0.25) is 0 Å². The summed E-state index contributed by atoms with van der Waals surface area (Å²) in [7, 11) is 0. The van der Waals surface area contributed by atoms with Crippen molar-refractivity contribution in [2.75, 3.05) is 12.0 Å². The highest BCUT2D eigenvalue weighted by molar-refractivity contribution is 7.99. The van der Waals surface area contributed by atoms with E-state index in [9.17, 15) is 0 Å². The van der Waals surface area contributed by atoms with Gasteiger partial charge in [-0.25, -0.2) is 9.97 Å². The van der Waals surface area contributed by atoms with Gasteiger partial charge in [0.1, 0.15) is 5.52 Å². The first-order valence-corrected chi connectivity index (χ1v) is 6.10. The molecule has 0 aromatic carbocycles. The van der Waals surface area contributed by atoms with Crippen LogP contribution < -0.4 is 5.73 Å². The van der Waals surface area contributed by atoms with Crippen molar-refractivity contribution in [2.24, 2.45) is 0 Å². The van der Waals surface area contributed by atoms with E-state index in [-0.39, 0.29) is 0 Å². The number of imidazole rings is 1. The molecule has 0 fully saturated rings. The average Bonchev–Trinajstić information content (AvgIpc) is 2.55. The third kappa shape index (κ3) is 1.92. The van der Waals surface area contributed by atoms with Gasteiger partial charge in [-0.3, -0.25) is 4.57 Å². The quantitative estimate of drug-likeness (QED) is 0.859. The number of hydrogen-bond acceptors (Lipinski definition) is 4. The smallest absolute Gasteiger partial charge is 0.202 e. The fourth-order valence-corrected chi connectivity index (χ4v) is 1.79. The predicted molar refractivity (Wildman–Crippen MR) is 64.9 cm³/mol. The fraction of sp³-hybridized carbons (Fsp3) is 0.400. The Balaban J connectivity index is 2.45. The number of hydrogen-bond donors (Lipinski definition) is 1. The minimum absolute atomic E-state index is 0.506. The van der Waals surface area contributed by atoms with Gasteiger partial charge in [0, 0.05) is 18.0 Å². The summed E-state index contributed by atoms with van der Waals surface area (Å²) in [6.07, 6.45) is 3.86. The second-order valence-electron chi connectivity index (χ2n) is 3.47. The lowest BCUT2D eigenvalue weighted by Crippen LogP contribution is -2.11. The minimum atomic E-state index is 0.506. The molecule has 2 heterocycles. The monoisotopic (exact) mass is 222 g/mol. The Hall–Kier alpha value is -1.23. The summed E-state index contributed by atoms with van der Waals surface area (Å²) in [5.74, 6) is 0.546. The Morgan fingerprint density at radius 2 is 2.40 bits per heavy atom. The summed E-state index contributed by atoms with van der Waals surface area (Å²) in [6.45, 7) is 3.01. The highest BCUT2D eigenvalue weighted by Crippen LogP contribution is 2.18. The van der Waals surface area contributed by atoms with Crippen molar-refractivity contribution in [1.29, 1.82) is 0 Å². The summed E-state index contributed by atoms with van der Waals surface area (Å²) < 4.78 is 1.97. The second kappa shape index (κ2) is 4.10. The van der Waals surface area contributed by atoms with E-state index in [0.29, 0.717) is 11.2 Å². The Morgan fingerprint density at radius 3 is 3.13 bits per heavy atom. The van der Waals surface area contributed by atoms with E-state index in [1.165, 1.54) is 0 Å². The fourth-order valence-electron chi connectivity index (χ4n) is 1.49. The molecular weight excluding hydrogens is 208 g/mol. The number of aromatic nitrogens is 3. The van der Waals surface area contributed by atoms with Crippen LogP contribution in [0, 0.1) is 0 Å². The summed E-state index contributed by atoms with van der Waals surface area (Å²) in [4.78, 5) is 8.57. The van der Waals surface area contributed by atoms with Crippen LogP contribution in [0.4, 0.5) is 5.95 Å². The Kier molecular flexibility index (Phi) is 2.81. The molecule has 0 bridgehead atoms. The Bertz CT molecular complexity index is 465. The zero-order valence-electron chi connectivity index (χ0n) is 8.84. The highest BCUT2D eigenvalue weighted by atomic mass is 32.2. The summed E-state index contributed by atoms with van der Waals surface area (Å²) in [5.41, 5.74) is 7.59. The SMILES string of the molecule is CSC(C)Cn1c(N)nc2cccnc21. The van der Waals surface area contributed by atoms with E-state index in [1.807, 2.05) is 28.5 Å². The van der Waals surface area contributed by atoms with Crippen LogP contribution >= 0.6 is 11.8 Å². The van der Waals surface area contributed by atoms with Crippen molar-refractivity contribution in [3.05, 3.63) is 18.3 Å². The predicted octanol–water partition coefficient (Wildman–Crippen LogP) is 1.76. The van der Waals surface area contributed by atoms with E-state index in [4.69, 9.17) is 5.73 Å². The molecule has 1 atom stereocenters. The molecule has 80 valence electrons. The highest BCUT2D eigenvalue weighted by Gasteiger charge is 2.10. The standard InChI is InChI=1S/C10H14N4S/c1-7(15-2)6-14-9-8(13-10(14)11)4-3-5-12-9/h3-5,7H,6H2,1-2H3,(H2,11,13). The third-order valence-electron chi connectivity index (χ3n) is 2.38. The van der Waals surface area contributed by atoms with Gasteiger partial charge in [0.05, 0.1) is 0 Å². The Labute approximate surface area is 92.9 Å². The van der Waals surface area contributed by atoms with Crippen LogP contribution in [0.15, 0.2) is 18.3 Å². The van der Waals surface area contributed by atoms with Crippen molar-refractivity contribution < 1.29 is 0 Å².